The van der Waals surface area contributed by atoms with Crippen LogP contribution in [0.4, 0.5) is 0 Å². The molecule has 0 aromatic carbocycles. The fraction of sp³-hybridized carbons (Fsp3) is 0.941. The molecule has 2 aliphatic heterocycles. The Balaban J connectivity index is 1.50. The van der Waals surface area contributed by atoms with Crippen LogP contribution in [0, 0.1) is 5.41 Å². The fourth-order valence-corrected chi connectivity index (χ4v) is 4.33. The second kappa shape index (κ2) is 6.99. The van der Waals surface area contributed by atoms with Crippen molar-refractivity contribution in [3.05, 3.63) is 0 Å². The zero-order valence-corrected chi connectivity index (χ0v) is 13.6. The molecule has 0 bridgehead atoms. The average molecular weight is 293 g/mol. The van der Waals surface area contributed by atoms with Crippen LogP contribution >= 0.6 is 0 Å². The van der Waals surface area contributed by atoms with Gasteiger partial charge in [-0.15, -0.1) is 0 Å². The summed E-state index contributed by atoms with van der Waals surface area (Å²) in [6.07, 6.45) is 12.6. The maximum Gasteiger partial charge on any atom is 0.193 e. The Morgan fingerprint density at radius 1 is 1.19 bits per heavy atom. The minimum Gasteiger partial charge on any atom is -0.376 e. The minimum absolute atomic E-state index is 0.377. The van der Waals surface area contributed by atoms with Gasteiger partial charge < -0.3 is 15.0 Å². The molecular formula is C17H31N3O. The zero-order valence-electron chi connectivity index (χ0n) is 13.6. The topological polar surface area (TPSA) is 36.9 Å². The molecule has 1 unspecified atom stereocenters. The molecule has 1 saturated carbocycles. The third-order valence-corrected chi connectivity index (χ3v) is 5.63. The fourth-order valence-electron chi connectivity index (χ4n) is 4.33. The molecule has 0 aromatic heterocycles. The highest BCUT2D eigenvalue weighted by Crippen LogP contribution is 2.43. The van der Waals surface area contributed by atoms with Crippen molar-refractivity contribution in [1.29, 1.82) is 0 Å². The number of rotatable bonds is 2. The van der Waals surface area contributed by atoms with E-state index in [0.717, 1.165) is 19.1 Å². The second-order valence-electron chi connectivity index (χ2n) is 7.15. The van der Waals surface area contributed by atoms with Crippen molar-refractivity contribution in [1.82, 2.24) is 10.2 Å². The molecular weight excluding hydrogens is 262 g/mol. The molecule has 3 fully saturated rings. The Morgan fingerprint density at radius 2 is 2.05 bits per heavy atom. The molecule has 0 radical (unpaired) electrons. The molecule has 3 aliphatic rings. The molecule has 1 atom stereocenters. The van der Waals surface area contributed by atoms with E-state index in [1.165, 1.54) is 70.9 Å². The van der Waals surface area contributed by atoms with Crippen LogP contribution in [0.1, 0.15) is 57.8 Å². The number of ether oxygens (including phenoxy) is 1. The molecule has 1 aliphatic carbocycles. The lowest BCUT2D eigenvalue weighted by atomic mass is 9.73. The smallest absolute Gasteiger partial charge is 0.193 e. The monoisotopic (exact) mass is 293 g/mol. The maximum atomic E-state index is 5.81. The summed E-state index contributed by atoms with van der Waals surface area (Å²) in [6.45, 7) is 4.22. The highest BCUT2D eigenvalue weighted by atomic mass is 16.5. The van der Waals surface area contributed by atoms with Gasteiger partial charge in [-0.3, -0.25) is 4.99 Å². The molecule has 4 heteroatoms. The molecule has 21 heavy (non-hydrogen) atoms. The summed E-state index contributed by atoms with van der Waals surface area (Å²) < 4.78 is 5.81. The molecule has 0 aromatic rings. The highest BCUT2D eigenvalue weighted by Gasteiger charge is 2.39. The molecule has 1 spiro atoms. The van der Waals surface area contributed by atoms with Crippen LogP contribution in [0.3, 0.4) is 0 Å². The summed E-state index contributed by atoms with van der Waals surface area (Å²) in [4.78, 5) is 6.99. The molecule has 2 heterocycles. The quantitative estimate of drug-likeness (QED) is 0.628. The van der Waals surface area contributed by atoms with Gasteiger partial charge in [-0.2, -0.15) is 0 Å². The SMILES string of the molecule is CN=C(NCC1CCCCO1)N1CCC2(CCCCC2)C1. The van der Waals surface area contributed by atoms with E-state index in [0.29, 0.717) is 11.5 Å². The average Bonchev–Trinajstić information content (AvgIpc) is 2.93. The normalized spacial score (nSPS) is 29.9. The van der Waals surface area contributed by atoms with Gasteiger partial charge in [0.1, 0.15) is 0 Å². The summed E-state index contributed by atoms with van der Waals surface area (Å²) in [7, 11) is 1.91. The Labute approximate surface area is 129 Å². The van der Waals surface area contributed by atoms with Crippen LogP contribution in [0.5, 0.6) is 0 Å². The lowest BCUT2D eigenvalue weighted by Gasteiger charge is -2.34. The standard InChI is InChI=1S/C17H31N3O/c1-18-16(19-13-15-7-3-6-12-21-15)20-11-10-17(14-20)8-4-2-5-9-17/h15H,2-14H2,1H3,(H,18,19). The predicted molar refractivity (Wildman–Crippen MR) is 86.7 cm³/mol. The van der Waals surface area contributed by atoms with E-state index in [1.807, 2.05) is 7.05 Å². The molecule has 2 saturated heterocycles. The van der Waals surface area contributed by atoms with Gasteiger partial charge in [0.15, 0.2) is 5.96 Å². The number of guanidine groups is 1. The lowest BCUT2D eigenvalue weighted by Crippen LogP contribution is -2.45. The van der Waals surface area contributed by atoms with Crippen molar-refractivity contribution < 1.29 is 4.74 Å². The Hall–Kier alpha value is -0.770. The third kappa shape index (κ3) is 3.71. The van der Waals surface area contributed by atoms with Gasteiger partial charge in [0, 0.05) is 33.3 Å². The Bertz CT molecular complexity index is 357. The highest BCUT2D eigenvalue weighted by molar-refractivity contribution is 5.80. The number of likely N-dealkylation sites (tertiary alicyclic amines) is 1. The first-order valence-corrected chi connectivity index (χ1v) is 8.89. The number of hydrogen-bond donors (Lipinski definition) is 1. The lowest BCUT2D eigenvalue weighted by molar-refractivity contribution is 0.0191. The Morgan fingerprint density at radius 3 is 2.76 bits per heavy atom. The molecule has 120 valence electrons. The van der Waals surface area contributed by atoms with Gasteiger partial charge in [0.25, 0.3) is 0 Å². The van der Waals surface area contributed by atoms with Crippen LogP contribution in [-0.4, -0.2) is 50.3 Å². The summed E-state index contributed by atoms with van der Waals surface area (Å²) in [5.41, 5.74) is 0.594. The van der Waals surface area contributed by atoms with Crippen LogP contribution in [0.25, 0.3) is 0 Å². The molecule has 1 N–H and O–H groups in total. The van der Waals surface area contributed by atoms with Crippen LogP contribution < -0.4 is 5.32 Å². The Kier molecular flexibility index (Phi) is 5.04. The number of aliphatic imine (C=N–C) groups is 1. The number of hydrogen-bond acceptors (Lipinski definition) is 2. The number of nitrogens with zero attached hydrogens (tertiary/aromatic N) is 2. The van der Waals surface area contributed by atoms with Crippen molar-refractivity contribution >= 4 is 5.96 Å². The van der Waals surface area contributed by atoms with Gasteiger partial charge in [-0.05, 0) is 43.9 Å². The zero-order chi connectivity index (χ0) is 14.5. The molecule has 3 rings (SSSR count). The molecule has 4 nitrogen and oxygen atoms in total. The first-order chi connectivity index (χ1) is 10.3. The van der Waals surface area contributed by atoms with E-state index in [2.05, 4.69) is 15.2 Å². The van der Waals surface area contributed by atoms with Crippen molar-refractivity contribution in [3.63, 3.8) is 0 Å². The van der Waals surface area contributed by atoms with E-state index >= 15 is 0 Å². The van der Waals surface area contributed by atoms with Crippen LogP contribution in [0.15, 0.2) is 4.99 Å². The minimum atomic E-state index is 0.377. The van der Waals surface area contributed by atoms with Gasteiger partial charge in [-0.1, -0.05) is 19.3 Å². The first kappa shape index (κ1) is 15.1. The van der Waals surface area contributed by atoms with Gasteiger partial charge >= 0.3 is 0 Å². The largest absolute Gasteiger partial charge is 0.376 e. The van der Waals surface area contributed by atoms with Crippen molar-refractivity contribution in [2.75, 3.05) is 33.3 Å². The summed E-state index contributed by atoms with van der Waals surface area (Å²) >= 11 is 0. The third-order valence-electron chi connectivity index (χ3n) is 5.63. The van der Waals surface area contributed by atoms with Crippen molar-refractivity contribution in [2.24, 2.45) is 10.4 Å². The van der Waals surface area contributed by atoms with E-state index in [9.17, 15) is 0 Å². The van der Waals surface area contributed by atoms with E-state index in [1.54, 1.807) is 0 Å². The van der Waals surface area contributed by atoms with Crippen LogP contribution in [-0.2, 0) is 4.74 Å². The molecule has 0 amide bonds. The van der Waals surface area contributed by atoms with Crippen LogP contribution in [0.2, 0.25) is 0 Å². The number of nitrogens with one attached hydrogen (secondary N) is 1. The van der Waals surface area contributed by atoms with E-state index in [4.69, 9.17) is 4.74 Å². The van der Waals surface area contributed by atoms with Gasteiger partial charge in [0.2, 0.25) is 0 Å². The van der Waals surface area contributed by atoms with Crippen molar-refractivity contribution in [3.8, 4) is 0 Å². The van der Waals surface area contributed by atoms with Gasteiger partial charge in [-0.25, -0.2) is 0 Å². The van der Waals surface area contributed by atoms with E-state index in [-0.39, 0.29) is 0 Å². The van der Waals surface area contributed by atoms with Crippen molar-refractivity contribution in [2.45, 2.75) is 63.9 Å². The van der Waals surface area contributed by atoms with E-state index < -0.39 is 0 Å². The maximum absolute atomic E-state index is 5.81. The second-order valence-corrected chi connectivity index (χ2v) is 7.15. The first-order valence-electron chi connectivity index (χ1n) is 8.89. The summed E-state index contributed by atoms with van der Waals surface area (Å²) in [5.74, 6) is 1.09. The predicted octanol–water partition coefficient (Wildman–Crippen LogP) is 2.79. The summed E-state index contributed by atoms with van der Waals surface area (Å²) in [5, 5.41) is 3.55. The summed E-state index contributed by atoms with van der Waals surface area (Å²) in [6, 6.07) is 0. The van der Waals surface area contributed by atoms with Gasteiger partial charge in [0.05, 0.1) is 6.10 Å².